The number of sulfonamides is 1. The maximum Gasteiger partial charge on any atom is 0.471 e. The van der Waals surface area contributed by atoms with E-state index in [1.54, 1.807) is 19.4 Å². The Kier molecular flexibility index (Phi) is 11.6. The van der Waals surface area contributed by atoms with Crippen LogP contribution in [0.5, 0.6) is 0 Å². The minimum Gasteiger partial charge on any atom is -0.368 e. The summed E-state index contributed by atoms with van der Waals surface area (Å²) in [5, 5.41) is 1.60. The van der Waals surface area contributed by atoms with Crippen LogP contribution in [0.15, 0.2) is 40.8 Å². The predicted molar refractivity (Wildman–Crippen MR) is 163 cm³/mol. The molecule has 15 heteroatoms. The van der Waals surface area contributed by atoms with Crippen molar-refractivity contribution in [3.63, 3.8) is 0 Å². The van der Waals surface area contributed by atoms with Crippen LogP contribution >= 0.6 is 0 Å². The van der Waals surface area contributed by atoms with Gasteiger partial charge in [-0.05, 0) is 75.4 Å². The number of anilines is 1. The van der Waals surface area contributed by atoms with Crippen molar-refractivity contribution in [1.29, 1.82) is 0 Å². The molecule has 4 N–H and O–H groups in total. The molecule has 1 aromatic carbocycles. The molecule has 0 aliphatic carbocycles. The summed E-state index contributed by atoms with van der Waals surface area (Å²) >= 11 is 0. The number of nitrogens with two attached hydrogens (primary N) is 1. The molecule has 0 spiro atoms. The zero-order chi connectivity index (χ0) is 34.7. The second-order valence-electron chi connectivity index (χ2n) is 12.9. The van der Waals surface area contributed by atoms with Crippen molar-refractivity contribution in [2.45, 2.75) is 83.5 Å². The van der Waals surface area contributed by atoms with Crippen molar-refractivity contribution in [2.75, 3.05) is 26.0 Å². The quantitative estimate of drug-likeness (QED) is 0.325. The molecule has 0 aromatic heterocycles. The zero-order valence-corrected chi connectivity index (χ0v) is 27.7. The maximum absolute atomic E-state index is 14.3. The van der Waals surface area contributed by atoms with Gasteiger partial charge in [0.2, 0.25) is 11.8 Å². The number of likely N-dealkylation sites (N-methyl/N-ethyl adjacent to an activating group) is 2. The fraction of sp³-hybridized carbons (Fsp3) is 0.600. The second-order valence-corrected chi connectivity index (χ2v) is 14.6. The standard InChI is InChI=1S/C30H44F3N5O6S/c1-18(2)22(38(8)25(40)23(28(4,5)6)29(26(34)41)15-9-10-16-37(29)7)17-19(3)24(39)36-45(43,44)21-13-11-20(12-14-21)35-27(42)30(31,32)33/h11-14,17-18,22-23H,9-10,15-16H2,1-8H3,(H2,34,41)(H,35,42)(H,36,39)/b19-17+/t22-,23+,29?/m1/s1. The molecule has 252 valence electrons. The molecule has 1 heterocycles. The number of carbonyl (C=O) groups excluding carboxylic acids is 4. The SMILES string of the molecule is C/C(=C\[C@H](C(C)C)N(C)C(=O)[C@@H](C(C)(C)C)C1(C(N)=O)CCCCN1C)C(=O)NS(=O)(=O)c1ccc(NC(=O)C(F)(F)F)cc1. The van der Waals surface area contributed by atoms with E-state index in [0.717, 1.165) is 37.1 Å². The predicted octanol–water partition coefficient (Wildman–Crippen LogP) is 3.42. The number of hydrogen-bond acceptors (Lipinski definition) is 7. The summed E-state index contributed by atoms with van der Waals surface area (Å²) in [6, 6.07) is 3.11. The molecule has 3 atom stereocenters. The monoisotopic (exact) mass is 659 g/mol. The minimum absolute atomic E-state index is 0.0160. The first kappa shape index (κ1) is 37.7. The van der Waals surface area contributed by atoms with Gasteiger partial charge in [0.1, 0.15) is 5.54 Å². The van der Waals surface area contributed by atoms with Crippen molar-refractivity contribution in [3.05, 3.63) is 35.9 Å². The first-order valence-electron chi connectivity index (χ1n) is 14.5. The largest absolute Gasteiger partial charge is 0.471 e. The normalized spacial score (nSPS) is 19.9. The van der Waals surface area contributed by atoms with Crippen LogP contribution in [0.4, 0.5) is 18.9 Å². The molecule has 1 aromatic rings. The van der Waals surface area contributed by atoms with Gasteiger partial charge in [0.05, 0.1) is 16.9 Å². The van der Waals surface area contributed by atoms with E-state index in [4.69, 9.17) is 5.73 Å². The van der Waals surface area contributed by atoms with Gasteiger partial charge in [-0.25, -0.2) is 13.1 Å². The average Bonchev–Trinajstić information content (AvgIpc) is 2.90. The third kappa shape index (κ3) is 8.63. The van der Waals surface area contributed by atoms with Crippen LogP contribution in [0, 0.1) is 17.3 Å². The summed E-state index contributed by atoms with van der Waals surface area (Å²) in [6.45, 7) is 11.3. The Labute approximate surface area is 262 Å². The van der Waals surface area contributed by atoms with Gasteiger partial charge < -0.3 is 16.0 Å². The van der Waals surface area contributed by atoms with Crippen LogP contribution in [-0.4, -0.2) is 80.2 Å². The highest BCUT2D eigenvalue weighted by atomic mass is 32.2. The average molecular weight is 660 g/mol. The Morgan fingerprint density at radius 2 is 1.62 bits per heavy atom. The summed E-state index contributed by atoms with van der Waals surface area (Å²) in [4.78, 5) is 54.4. The van der Waals surface area contributed by atoms with Gasteiger partial charge in [0.25, 0.3) is 15.9 Å². The van der Waals surface area contributed by atoms with Crippen LogP contribution in [0.2, 0.25) is 0 Å². The van der Waals surface area contributed by atoms with E-state index < -0.39 is 61.7 Å². The van der Waals surface area contributed by atoms with Crippen molar-refractivity contribution in [3.8, 4) is 0 Å². The van der Waals surface area contributed by atoms with Crippen molar-refractivity contribution < 1.29 is 40.8 Å². The molecule has 1 aliphatic heterocycles. The smallest absolute Gasteiger partial charge is 0.368 e. The lowest BCUT2D eigenvalue weighted by atomic mass is 9.63. The molecular weight excluding hydrogens is 615 g/mol. The van der Waals surface area contributed by atoms with E-state index in [0.29, 0.717) is 13.0 Å². The van der Waals surface area contributed by atoms with Crippen LogP contribution in [0.1, 0.15) is 60.8 Å². The summed E-state index contributed by atoms with van der Waals surface area (Å²) in [6.07, 6.45) is -1.65. The van der Waals surface area contributed by atoms with E-state index in [2.05, 4.69) is 0 Å². The van der Waals surface area contributed by atoms with Crippen molar-refractivity contribution in [2.24, 2.45) is 23.0 Å². The Hall–Kier alpha value is -3.46. The second kappa shape index (κ2) is 13.9. The lowest BCUT2D eigenvalue weighted by Crippen LogP contribution is -2.68. The summed E-state index contributed by atoms with van der Waals surface area (Å²) < 4.78 is 65.1. The highest BCUT2D eigenvalue weighted by molar-refractivity contribution is 7.90. The lowest BCUT2D eigenvalue weighted by molar-refractivity contribution is -0.167. The van der Waals surface area contributed by atoms with Crippen LogP contribution < -0.4 is 15.8 Å². The number of hydrogen-bond donors (Lipinski definition) is 3. The summed E-state index contributed by atoms with van der Waals surface area (Å²) in [5.74, 6) is -5.19. The van der Waals surface area contributed by atoms with Crippen molar-refractivity contribution >= 4 is 39.3 Å². The Morgan fingerprint density at radius 3 is 2.07 bits per heavy atom. The van der Waals surface area contributed by atoms with Gasteiger partial charge >= 0.3 is 12.1 Å². The third-order valence-electron chi connectivity index (χ3n) is 8.16. The molecular formula is C30H44F3N5O6S. The van der Waals surface area contributed by atoms with Gasteiger partial charge in [-0.15, -0.1) is 0 Å². The van der Waals surface area contributed by atoms with E-state index in [-0.39, 0.29) is 23.1 Å². The zero-order valence-electron chi connectivity index (χ0n) is 26.9. The number of piperidine rings is 1. The number of likely N-dealkylation sites (tertiary alicyclic amines) is 1. The Bertz CT molecular complexity index is 1420. The maximum atomic E-state index is 14.3. The van der Waals surface area contributed by atoms with Crippen LogP contribution in [0.3, 0.4) is 0 Å². The van der Waals surface area contributed by atoms with E-state index in [1.807, 2.05) is 44.2 Å². The summed E-state index contributed by atoms with van der Waals surface area (Å²) in [7, 11) is -1.10. The molecule has 1 unspecified atom stereocenters. The van der Waals surface area contributed by atoms with E-state index >= 15 is 0 Å². The van der Waals surface area contributed by atoms with Crippen molar-refractivity contribution in [1.82, 2.24) is 14.5 Å². The molecule has 1 saturated heterocycles. The fourth-order valence-corrected chi connectivity index (χ4v) is 6.88. The number of nitrogens with one attached hydrogen (secondary N) is 2. The molecule has 0 saturated carbocycles. The van der Waals surface area contributed by atoms with Gasteiger partial charge in [0, 0.05) is 18.3 Å². The number of nitrogens with zero attached hydrogens (tertiary/aromatic N) is 2. The van der Waals surface area contributed by atoms with Gasteiger partial charge in [-0.3, -0.25) is 24.1 Å². The number of carbonyl (C=O) groups is 4. The number of benzene rings is 1. The Balaban J connectivity index is 2.35. The van der Waals surface area contributed by atoms with Crippen LogP contribution in [-0.2, 0) is 29.2 Å². The highest BCUT2D eigenvalue weighted by Crippen LogP contribution is 2.44. The van der Waals surface area contributed by atoms with E-state index in [9.17, 15) is 40.8 Å². The first-order chi connectivity index (χ1) is 20.5. The van der Waals surface area contributed by atoms with Gasteiger partial charge in [-0.2, -0.15) is 13.2 Å². The lowest BCUT2D eigenvalue weighted by Gasteiger charge is -2.52. The molecule has 0 radical (unpaired) electrons. The molecule has 11 nitrogen and oxygen atoms in total. The van der Waals surface area contributed by atoms with Gasteiger partial charge in [0.15, 0.2) is 0 Å². The number of amides is 4. The number of primary amides is 1. The molecule has 1 aliphatic rings. The highest BCUT2D eigenvalue weighted by Gasteiger charge is 2.57. The molecule has 4 amide bonds. The molecule has 0 bridgehead atoms. The minimum atomic E-state index is -5.13. The number of halogens is 3. The van der Waals surface area contributed by atoms with Gasteiger partial charge in [-0.1, -0.05) is 40.7 Å². The van der Waals surface area contributed by atoms with E-state index in [1.165, 1.54) is 17.9 Å². The topological polar surface area (TPSA) is 159 Å². The molecule has 2 rings (SSSR count). The number of rotatable bonds is 10. The molecule has 45 heavy (non-hydrogen) atoms. The fourth-order valence-electron chi connectivity index (χ4n) is 5.86. The Morgan fingerprint density at radius 1 is 1.07 bits per heavy atom. The summed E-state index contributed by atoms with van der Waals surface area (Å²) in [5.41, 5.74) is 3.79. The number of alkyl halides is 3. The third-order valence-corrected chi connectivity index (χ3v) is 9.51. The first-order valence-corrected chi connectivity index (χ1v) is 16.0. The molecule has 1 fully saturated rings. The van der Waals surface area contributed by atoms with Crippen LogP contribution in [0.25, 0.3) is 0 Å².